The molecule has 1 fully saturated rings. The lowest BCUT2D eigenvalue weighted by Gasteiger charge is -2.38. The van der Waals surface area contributed by atoms with Gasteiger partial charge >= 0.3 is 0 Å². The second-order valence-corrected chi connectivity index (χ2v) is 4.23. The van der Waals surface area contributed by atoms with E-state index in [0.29, 0.717) is 11.2 Å². The molecule has 1 aliphatic carbocycles. The summed E-state index contributed by atoms with van der Waals surface area (Å²) in [6, 6.07) is 0. The van der Waals surface area contributed by atoms with Gasteiger partial charge in [-0.05, 0) is 19.3 Å². The quantitative estimate of drug-likeness (QED) is 0.729. The van der Waals surface area contributed by atoms with E-state index in [0.717, 1.165) is 6.42 Å². The Kier molecular flexibility index (Phi) is 1.82. The number of rotatable bonds is 2. The van der Waals surface area contributed by atoms with E-state index in [1.165, 1.54) is 30.5 Å². The Bertz CT molecular complexity index is 310. The van der Waals surface area contributed by atoms with E-state index in [1.54, 1.807) is 0 Å². The zero-order valence-electron chi connectivity index (χ0n) is 8.35. The minimum atomic E-state index is 0.329. The fraction of sp³-hybridized carbons (Fsp3) is 0.700. The van der Waals surface area contributed by atoms with Gasteiger partial charge in [-0.2, -0.15) is 5.10 Å². The molecule has 72 valence electrons. The van der Waals surface area contributed by atoms with Crippen LogP contribution in [0.5, 0.6) is 0 Å². The van der Waals surface area contributed by atoms with Gasteiger partial charge in [-0.1, -0.05) is 20.3 Å². The van der Waals surface area contributed by atoms with Gasteiger partial charge in [0.15, 0.2) is 0 Å². The predicted molar refractivity (Wildman–Crippen MR) is 53.6 cm³/mol. The molecule has 0 spiro atoms. The maximum absolute atomic E-state index is 5.79. The number of hydrogen-bond acceptors (Lipinski definition) is 2. The van der Waals surface area contributed by atoms with Crippen molar-refractivity contribution in [1.82, 2.24) is 10.2 Å². The zero-order valence-corrected chi connectivity index (χ0v) is 8.35. The van der Waals surface area contributed by atoms with Gasteiger partial charge in [0, 0.05) is 16.7 Å². The summed E-state index contributed by atoms with van der Waals surface area (Å²) in [5.41, 5.74) is 8.62. The first-order valence-electron chi connectivity index (χ1n) is 5.00. The summed E-state index contributed by atoms with van der Waals surface area (Å²) in [7, 11) is 0. The van der Waals surface area contributed by atoms with Crippen LogP contribution in [-0.2, 0) is 11.8 Å². The normalized spacial score (nSPS) is 19.8. The van der Waals surface area contributed by atoms with Crippen molar-refractivity contribution in [2.45, 2.75) is 44.9 Å². The Balaban J connectivity index is 2.39. The average Bonchev–Trinajstić information content (AvgIpc) is 2.42. The summed E-state index contributed by atoms with van der Waals surface area (Å²) in [6.45, 7) is 4.43. The third kappa shape index (κ3) is 1.14. The monoisotopic (exact) mass is 179 g/mol. The fourth-order valence-corrected chi connectivity index (χ4v) is 2.19. The first-order valence-corrected chi connectivity index (χ1v) is 5.00. The number of aromatic nitrogens is 2. The van der Waals surface area contributed by atoms with Crippen molar-refractivity contribution >= 4 is 5.82 Å². The maximum Gasteiger partial charge on any atom is 0.148 e. The first-order chi connectivity index (χ1) is 6.17. The second-order valence-electron chi connectivity index (χ2n) is 4.23. The Morgan fingerprint density at radius 3 is 2.69 bits per heavy atom. The Morgan fingerprint density at radius 1 is 1.54 bits per heavy atom. The number of nitrogens with zero attached hydrogens (tertiary/aromatic N) is 1. The minimum Gasteiger partial charge on any atom is -0.382 e. The molecule has 1 saturated carbocycles. The van der Waals surface area contributed by atoms with Gasteiger partial charge in [0.1, 0.15) is 5.82 Å². The van der Waals surface area contributed by atoms with E-state index < -0.39 is 0 Å². The van der Waals surface area contributed by atoms with Crippen LogP contribution in [-0.4, -0.2) is 10.2 Å². The fourth-order valence-electron chi connectivity index (χ4n) is 2.19. The van der Waals surface area contributed by atoms with Crippen molar-refractivity contribution in [3.63, 3.8) is 0 Å². The number of H-pyrrole nitrogens is 1. The molecule has 13 heavy (non-hydrogen) atoms. The summed E-state index contributed by atoms with van der Waals surface area (Å²) in [6.07, 6.45) is 4.84. The molecule has 0 unspecified atom stereocenters. The molecular formula is C10H17N3. The van der Waals surface area contributed by atoms with Crippen LogP contribution in [0.1, 0.15) is 44.4 Å². The largest absolute Gasteiger partial charge is 0.382 e. The molecule has 0 saturated heterocycles. The van der Waals surface area contributed by atoms with Gasteiger partial charge in [-0.3, -0.25) is 5.10 Å². The molecule has 1 aromatic heterocycles. The molecule has 0 atom stereocenters. The molecule has 2 rings (SSSR count). The number of nitrogens with one attached hydrogen (secondary N) is 1. The van der Waals surface area contributed by atoms with Crippen molar-refractivity contribution in [3.05, 3.63) is 11.3 Å². The summed E-state index contributed by atoms with van der Waals surface area (Å²) in [5, 5.41) is 7.18. The molecule has 3 nitrogen and oxygen atoms in total. The van der Waals surface area contributed by atoms with Crippen molar-refractivity contribution in [2.24, 2.45) is 0 Å². The van der Waals surface area contributed by atoms with E-state index in [-0.39, 0.29) is 0 Å². The molecule has 1 aliphatic rings. The first kappa shape index (κ1) is 8.60. The van der Waals surface area contributed by atoms with Crippen LogP contribution in [0, 0.1) is 0 Å². The van der Waals surface area contributed by atoms with Crippen molar-refractivity contribution in [3.8, 4) is 0 Å². The molecule has 1 aromatic rings. The minimum absolute atomic E-state index is 0.329. The summed E-state index contributed by atoms with van der Waals surface area (Å²) >= 11 is 0. The van der Waals surface area contributed by atoms with Gasteiger partial charge in [-0.25, -0.2) is 0 Å². The van der Waals surface area contributed by atoms with Crippen LogP contribution >= 0.6 is 0 Å². The topological polar surface area (TPSA) is 54.7 Å². The van der Waals surface area contributed by atoms with Crippen LogP contribution in [0.15, 0.2) is 0 Å². The van der Waals surface area contributed by atoms with Crippen LogP contribution in [0.4, 0.5) is 5.82 Å². The molecule has 0 aliphatic heterocycles. The molecular weight excluding hydrogens is 162 g/mol. The molecule has 3 heteroatoms. The predicted octanol–water partition coefficient (Wildman–Crippen LogP) is 2.00. The smallest absolute Gasteiger partial charge is 0.148 e. The van der Waals surface area contributed by atoms with Crippen LogP contribution in [0.3, 0.4) is 0 Å². The third-order valence-corrected chi connectivity index (χ3v) is 3.31. The molecule has 0 bridgehead atoms. The highest BCUT2D eigenvalue weighted by Gasteiger charge is 2.37. The highest BCUT2D eigenvalue weighted by molar-refractivity contribution is 5.45. The Hall–Kier alpha value is -0.990. The molecule has 0 aromatic carbocycles. The van der Waals surface area contributed by atoms with E-state index >= 15 is 0 Å². The summed E-state index contributed by atoms with van der Waals surface area (Å²) < 4.78 is 0. The van der Waals surface area contributed by atoms with E-state index in [2.05, 4.69) is 24.0 Å². The molecule has 0 amide bonds. The standard InChI is InChI=1S/C10H17N3/c1-3-7-8(12-13-9(7)11)10(2)5-4-6-10/h3-6H2,1-2H3,(H3,11,12,13). The molecule has 3 N–H and O–H groups in total. The summed E-state index contributed by atoms with van der Waals surface area (Å²) in [5.74, 6) is 0.686. The number of nitrogen functional groups attached to an aromatic ring is 1. The van der Waals surface area contributed by atoms with Crippen LogP contribution < -0.4 is 5.73 Å². The van der Waals surface area contributed by atoms with E-state index in [4.69, 9.17) is 5.73 Å². The van der Waals surface area contributed by atoms with E-state index in [9.17, 15) is 0 Å². The number of nitrogens with two attached hydrogens (primary N) is 1. The Labute approximate surface area is 78.7 Å². The zero-order chi connectivity index (χ0) is 9.47. The lowest BCUT2D eigenvalue weighted by Crippen LogP contribution is -2.31. The SMILES string of the molecule is CCc1c(N)n[nH]c1C1(C)CCC1. The molecule has 1 heterocycles. The van der Waals surface area contributed by atoms with Crippen LogP contribution in [0.2, 0.25) is 0 Å². The lowest BCUT2D eigenvalue weighted by molar-refractivity contribution is 0.262. The van der Waals surface area contributed by atoms with Crippen LogP contribution in [0.25, 0.3) is 0 Å². The molecule has 0 radical (unpaired) electrons. The van der Waals surface area contributed by atoms with Crippen molar-refractivity contribution < 1.29 is 0 Å². The van der Waals surface area contributed by atoms with Crippen molar-refractivity contribution in [2.75, 3.05) is 5.73 Å². The number of aromatic amines is 1. The van der Waals surface area contributed by atoms with Gasteiger partial charge in [0.2, 0.25) is 0 Å². The average molecular weight is 179 g/mol. The maximum atomic E-state index is 5.79. The lowest BCUT2D eigenvalue weighted by atomic mass is 9.67. The second kappa shape index (κ2) is 2.76. The van der Waals surface area contributed by atoms with Crippen molar-refractivity contribution in [1.29, 1.82) is 0 Å². The number of anilines is 1. The number of hydrogen-bond donors (Lipinski definition) is 2. The van der Waals surface area contributed by atoms with Gasteiger partial charge < -0.3 is 5.73 Å². The highest BCUT2D eigenvalue weighted by atomic mass is 15.2. The summed E-state index contributed by atoms with van der Waals surface area (Å²) in [4.78, 5) is 0. The van der Waals surface area contributed by atoms with Gasteiger partial charge in [0.25, 0.3) is 0 Å². The van der Waals surface area contributed by atoms with E-state index in [1.807, 2.05) is 0 Å². The Morgan fingerprint density at radius 2 is 2.23 bits per heavy atom. The highest BCUT2D eigenvalue weighted by Crippen LogP contribution is 2.44. The third-order valence-electron chi connectivity index (χ3n) is 3.31. The van der Waals surface area contributed by atoms with Gasteiger partial charge in [0.05, 0.1) is 0 Å². The van der Waals surface area contributed by atoms with Gasteiger partial charge in [-0.15, -0.1) is 0 Å².